The number of hydrogen-bond acceptors (Lipinski definition) is 3. The van der Waals surface area contributed by atoms with Crippen LogP contribution in [0.3, 0.4) is 0 Å². The standard InChI is InChI=1S/C39H61O3PSi2/c1-32(31-40)37(42-45(10,11)39(5,6)7)30-33(41-44(8,9)38(2,3)4)22-21-29-43(34-23-15-12-16-24-34,35-25-17-13-18-26-35)36-27-19-14-20-28-36/h12-20,23-28,31-33,37,43H,21-22,29-30H2,1-11H3/t32-,33-,37-/m1/s1. The molecule has 0 aromatic heterocycles. The van der Waals surface area contributed by atoms with Gasteiger partial charge < -0.3 is 0 Å². The monoisotopic (exact) mass is 664 g/mol. The Morgan fingerprint density at radius 2 is 1.04 bits per heavy atom. The molecule has 0 unspecified atom stereocenters. The van der Waals surface area contributed by atoms with Gasteiger partial charge in [-0.2, -0.15) is 0 Å². The first-order valence-corrected chi connectivity index (χ1v) is 24.9. The van der Waals surface area contributed by atoms with Crippen molar-refractivity contribution in [2.75, 3.05) is 6.16 Å². The zero-order chi connectivity index (χ0) is 33.5. The van der Waals surface area contributed by atoms with E-state index in [1.54, 1.807) is 0 Å². The summed E-state index contributed by atoms with van der Waals surface area (Å²) in [6.45, 7) is 25.1. The van der Waals surface area contributed by atoms with E-state index in [1.807, 2.05) is 6.92 Å². The minimum absolute atomic E-state index is 0.0251. The third-order valence-electron chi connectivity index (χ3n) is 10.7. The number of aldehydes is 1. The fourth-order valence-electron chi connectivity index (χ4n) is 5.79. The van der Waals surface area contributed by atoms with E-state index in [2.05, 4.69) is 159 Å². The Labute approximate surface area is 278 Å². The molecule has 0 N–H and O–H groups in total. The van der Waals surface area contributed by atoms with Crippen LogP contribution in [-0.2, 0) is 13.6 Å². The molecular formula is C39H61O3PSi2. The molecule has 3 rings (SSSR count). The van der Waals surface area contributed by atoms with Gasteiger partial charge >= 0.3 is 279 Å². The van der Waals surface area contributed by atoms with Crippen LogP contribution in [0.2, 0.25) is 36.3 Å². The topological polar surface area (TPSA) is 35.5 Å². The van der Waals surface area contributed by atoms with Crippen molar-refractivity contribution in [1.29, 1.82) is 0 Å². The van der Waals surface area contributed by atoms with Gasteiger partial charge in [-0.15, -0.1) is 0 Å². The van der Waals surface area contributed by atoms with Crippen molar-refractivity contribution < 1.29 is 13.6 Å². The van der Waals surface area contributed by atoms with Gasteiger partial charge in [0.1, 0.15) is 0 Å². The van der Waals surface area contributed by atoms with Gasteiger partial charge in [-0.3, -0.25) is 0 Å². The molecule has 45 heavy (non-hydrogen) atoms. The summed E-state index contributed by atoms with van der Waals surface area (Å²) in [6.07, 6.45) is 4.76. The number of rotatable bonds is 15. The molecule has 0 spiro atoms. The van der Waals surface area contributed by atoms with E-state index in [0.29, 0.717) is 0 Å². The Bertz CT molecular complexity index is 1220. The maximum absolute atomic E-state index is 12.2. The molecule has 0 saturated heterocycles. The Morgan fingerprint density at radius 1 is 0.667 bits per heavy atom. The van der Waals surface area contributed by atoms with Crippen molar-refractivity contribution in [2.24, 2.45) is 5.92 Å². The second-order valence-corrected chi connectivity index (χ2v) is 29.6. The molecule has 0 aliphatic carbocycles. The number of benzene rings is 3. The average molecular weight is 665 g/mol. The molecule has 0 amide bonds. The zero-order valence-corrected chi connectivity index (χ0v) is 33.0. The molecule has 3 aromatic rings. The molecule has 0 bridgehead atoms. The number of carbonyl (C=O) groups excluding carboxylic acids is 1. The molecule has 3 atom stereocenters. The van der Waals surface area contributed by atoms with Gasteiger partial charge in [0.25, 0.3) is 0 Å². The molecule has 3 nitrogen and oxygen atoms in total. The van der Waals surface area contributed by atoms with E-state index in [0.717, 1.165) is 31.7 Å². The predicted molar refractivity (Wildman–Crippen MR) is 205 cm³/mol. The maximum atomic E-state index is 12.2. The third kappa shape index (κ3) is 9.35. The fraction of sp³-hybridized carbons (Fsp3) is 0.513. The third-order valence-corrected chi connectivity index (χ3v) is 24.8. The van der Waals surface area contributed by atoms with Crippen LogP contribution >= 0.6 is 7.26 Å². The summed E-state index contributed by atoms with van der Waals surface area (Å²) in [5.74, 6) is -0.184. The first kappa shape index (κ1) is 37.6. The van der Waals surface area contributed by atoms with Crippen LogP contribution in [0.25, 0.3) is 0 Å². The SMILES string of the molecule is C[C@H](C=O)[C@@H](C[C@@H](CCC[PH](c1ccccc1)(c1ccccc1)c1ccccc1)O[Si](C)(C)C(C)(C)C)O[Si](C)(C)C(C)(C)C. The van der Waals surface area contributed by atoms with E-state index >= 15 is 0 Å². The molecule has 0 saturated carbocycles. The van der Waals surface area contributed by atoms with Crippen LogP contribution in [0.15, 0.2) is 91.0 Å². The predicted octanol–water partition coefficient (Wildman–Crippen LogP) is 9.50. The van der Waals surface area contributed by atoms with Gasteiger partial charge in [0.05, 0.1) is 0 Å². The molecule has 0 aliphatic rings. The van der Waals surface area contributed by atoms with Gasteiger partial charge in [0.2, 0.25) is 0 Å². The second kappa shape index (κ2) is 15.3. The van der Waals surface area contributed by atoms with Crippen molar-refractivity contribution in [3.63, 3.8) is 0 Å². The van der Waals surface area contributed by atoms with Gasteiger partial charge in [-0.25, -0.2) is 0 Å². The van der Waals surface area contributed by atoms with Crippen LogP contribution in [0.4, 0.5) is 0 Å². The summed E-state index contributed by atoms with van der Waals surface area (Å²) >= 11 is 0. The quantitative estimate of drug-likeness (QED) is 0.0923. The Hall–Kier alpha value is -1.89. The Morgan fingerprint density at radius 3 is 1.40 bits per heavy atom. The van der Waals surface area contributed by atoms with E-state index in [9.17, 15) is 4.79 Å². The molecule has 0 heterocycles. The van der Waals surface area contributed by atoms with Gasteiger partial charge in [-0.05, 0) is 0 Å². The summed E-state index contributed by atoms with van der Waals surface area (Å²) < 4.78 is 14.2. The fourth-order valence-corrected chi connectivity index (χ4v) is 13.5. The van der Waals surface area contributed by atoms with Crippen molar-refractivity contribution >= 4 is 46.1 Å². The van der Waals surface area contributed by atoms with Crippen molar-refractivity contribution in [3.8, 4) is 0 Å². The molecule has 3 aromatic carbocycles. The Kier molecular flexibility index (Phi) is 12.8. The summed E-state index contributed by atoms with van der Waals surface area (Å²) in [4.78, 5) is 12.2. The van der Waals surface area contributed by atoms with Crippen molar-refractivity contribution in [3.05, 3.63) is 91.0 Å². The van der Waals surface area contributed by atoms with Crippen LogP contribution in [0.5, 0.6) is 0 Å². The summed E-state index contributed by atoms with van der Waals surface area (Å²) in [5, 5.41) is 4.48. The average Bonchev–Trinajstić information content (AvgIpc) is 2.98. The van der Waals surface area contributed by atoms with Crippen molar-refractivity contribution in [1.82, 2.24) is 0 Å². The summed E-state index contributed by atoms with van der Waals surface area (Å²) in [7, 11) is -6.53. The molecule has 0 aliphatic heterocycles. The van der Waals surface area contributed by atoms with E-state index in [1.165, 1.54) is 15.9 Å². The number of carbonyl (C=O) groups is 1. The minimum atomic E-state index is -2.34. The number of hydrogen-bond donors (Lipinski definition) is 0. The van der Waals surface area contributed by atoms with Crippen molar-refractivity contribution in [2.45, 2.75) is 116 Å². The van der Waals surface area contributed by atoms with Crippen LogP contribution in [-0.4, -0.2) is 41.3 Å². The summed E-state index contributed by atoms with van der Waals surface area (Å²) in [6, 6.07) is 33.5. The molecule has 248 valence electrons. The first-order chi connectivity index (χ1) is 20.9. The molecule has 0 radical (unpaired) electrons. The van der Waals surface area contributed by atoms with Crippen LogP contribution in [0, 0.1) is 5.92 Å². The van der Waals surface area contributed by atoms with Gasteiger partial charge in [-0.1, -0.05) is 0 Å². The van der Waals surface area contributed by atoms with Gasteiger partial charge in [0.15, 0.2) is 0 Å². The second-order valence-electron chi connectivity index (χ2n) is 16.0. The van der Waals surface area contributed by atoms with E-state index in [-0.39, 0.29) is 28.2 Å². The summed E-state index contributed by atoms with van der Waals surface area (Å²) in [5.41, 5.74) is 0. The first-order valence-electron chi connectivity index (χ1n) is 16.9. The van der Waals surface area contributed by atoms with Crippen LogP contribution < -0.4 is 15.9 Å². The van der Waals surface area contributed by atoms with Gasteiger partial charge in [0, 0.05) is 0 Å². The van der Waals surface area contributed by atoms with E-state index < -0.39 is 23.9 Å². The van der Waals surface area contributed by atoms with Crippen LogP contribution in [0.1, 0.15) is 67.7 Å². The molecule has 0 fully saturated rings. The zero-order valence-electron chi connectivity index (χ0n) is 30.0. The molecule has 6 heteroatoms. The normalized spacial score (nSPS) is 15.7. The molecular weight excluding hydrogens is 604 g/mol. The Balaban J connectivity index is 2.03. The van der Waals surface area contributed by atoms with E-state index in [4.69, 9.17) is 8.85 Å².